The van der Waals surface area contributed by atoms with E-state index < -0.39 is 0 Å². The molecule has 0 spiro atoms. The van der Waals surface area contributed by atoms with E-state index in [9.17, 15) is 0 Å². The molecule has 0 heteroatoms. The molecule has 0 amide bonds. The predicted octanol–water partition coefficient (Wildman–Crippen LogP) is 13.6. The fourth-order valence-electron chi connectivity index (χ4n) is 8.03. The van der Waals surface area contributed by atoms with Crippen LogP contribution in [0.4, 0.5) is 0 Å². The fraction of sp³-hybridized carbons (Fsp3) is 0. The van der Waals surface area contributed by atoms with Crippen LogP contribution >= 0.6 is 0 Å². The van der Waals surface area contributed by atoms with E-state index in [1.54, 1.807) is 0 Å². The topological polar surface area (TPSA) is 0 Å². The van der Waals surface area contributed by atoms with E-state index in [0.717, 1.165) is 0 Å². The van der Waals surface area contributed by atoms with E-state index in [2.05, 4.69) is 182 Å². The van der Waals surface area contributed by atoms with E-state index in [0.29, 0.717) is 0 Å². The van der Waals surface area contributed by atoms with Crippen LogP contribution in [0.3, 0.4) is 0 Å². The molecule has 0 aliphatic carbocycles. The Morgan fingerprint density at radius 1 is 0.208 bits per heavy atom. The molecule has 10 aromatic rings. The number of rotatable bonds is 3. The lowest BCUT2D eigenvalue weighted by molar-refractivity contribution is 1.65. The molecular formula is C48H30. The molecule has 222 valence electrons. The normalized spacial score (nSPS) is 11.8. The van der Waals surface area contributed by atoms with Crippen molar-refractivity contribution in [3.05, 3.63) is 182 Å². The average molecular weight is 607 g/mol. The Bertz CT molecular complexity index is 2880. The molecule has 0 nitrogen and oxygen atoms in total. The third kappa shape index (κ3) is 4.10. The van der Waals surface area contributed by atoms with Gasteiger partial charge >= 0.3 is 0 Å². The Labute approximate surface area is 279 Å². The predicted molar refractivity (Wildman–Crippen MR) is 208 cm³/mol. The molecule has 0 bridgehead atoms. The minimum Gasteiger partial charge on any atom is -0.0622 e. The maximum Gasteiger partial charge on any atom is -0.00259 e. The van der Waals surface area contributed by atoms with E-state index in [-0.39, 0.29) is 0 Å². The molecule has 0 N–H and O–H groups in total. The first kappa shape index (κ1) is 26.9. The lowest BCUT2D eigenvalue weighted by Gasteiger charge is -2.19. The van der Waals surface area contributed by atoms with Crippen LogP contribution in [-0.2, 0) is 0 Å². The van der Waals surface area contributed by atoms with Crippen LogP contribution in [0.15, 0.2) is 182 Å². The summed E-state index contributed by atoms with van der Waals surface area (Å²) in [6.45, 7) is 0. The highest BCUT2D eigenvalue weighted by atomic mass is 14.2. The van der Waals surface area contributed by atoms with Crippen LogP contribution in [0, 0.1) is 0 Å². The smallest absolute Gasteiger partial charge is 0.00259 e. The van der Waals surface area contributed by atoms with Gasteiger partial charge in [-0.2, -0.15) is 0 Å². The Morgan fingerprint density at radius 3 is 1.46 bits per heavy atom. The maximum atomic E-state index is 2.45. The van der Waals surface area contributed by atoms with Crippen LogP contribution in [0.25, 0.3) is 98.0 Å². The summed E-state index contributed by atoms with van der Waals surface area (Å²) in [5.74, 6) is 0. The molecule has 0 radical (unpaired) electrons. The number of hydrogen-bond donors (Lipinski definition) is 0. The molecule has 10 aromatic carbocycles. The van der Waals surface area contributed by atoms with Crippen LogP contribution in [0.2, 0.25) is 0 Å². The molecule has 0 saturated heterocycles. The van der Waals surface area contributed by atoms with Gasteiger partial charge in [0.25, 0.3) is 0 Å². The number of hydrogen-bond acceptors (Lipinski definition) is 0. The summed E-state index contributed by atoms with van der Waals surface area (Å²) in [5.41, 5.74) is 7.52. The van der Waals surface area contributed by atoms with Crippen molar-refractivity contribution in [2.75, 3.05) is 0 Å². The molecule has 0 unspecified atom stereocenters. The van der Waals surface area contributed by atoms with Gasteiger partial charge in [-0.25, -0.2) is 0 Å². The lowest BCUT2D eigenvalue weighted by Crippen LogP contribution is -1.92. The third-order valence-electron chi connectivity index (χ3n) is 10.2. The summed E-state index contributed by atoms with van der Waals surface area (Å²) in [7, 11) is 0. The molecule has 0 aliphatic heterocycles. The number of fused-ring (bicyclic) bond motifs is 8. The van der Waals surface area contributed by atoms with Crippen molar-refractivity contribution in [2.45, 2.75) is 0 Å². The summed E-state index contributed by atoms with van der Waals surface area (Å²) in [4.78, 5) is 0. The van der Waals surface area contributed by atoms with Crippen molar-refractivity contribution < 1.29 is 0 Å². The monoisotopic (exact) mass is 606 g/mol. The summed E-state index contributed by atoms with van der Waals surface area (Å²) in [6, 6.07) is 67.2. The summed E-state index contributed by atoms with van der Waals surface area (Å²) in [5, 5.41) is 15.3. The molecule has 0 aliphatic rings. The van der Waals surface area contributed by atoms with Gasteiger partial charge in [0.1, 0.15) is 0 Å². The first-order valence-electron chi connectivity index (χ1n) is 16.7. The average Bonchev–Trinajstić information content (AvgIpc) is 3.16. The van der Waals surface area contributed by atoms with Crippen LogP contribution < -0.4 is 0 Å². The minimum absolute atomic E-state index is 1.23. The van der Waals surface area contributed by atoms with Crippen molar-refractivity contribution in [1.82, 2.24) is 0 Å². The van der Waals surface area contributed by atoms with E-state index in [1.807, 2.05) is 0 Å². The molecule has 0 fully saturated rings. The Balaban J connectivity index is 1.33. The van der Waals surface area contributed by atoms with E-state index in [1.165, 1.54) is 98.0 Å². The van der Waals surface area contributed by atoms with Crippen molar-refractivity contribution in [2.24, 2.45) is 0 Å². The maximum absolute atomic E-state index is 2.45. The van der Waals surface area contributed by atoms with Crippen LogP contribution in [-0.4, -0.2) is 0 Å². The first-order valence-corrected chi connectivity index (χ1v) is 16.7. The van der Waals surface area contributed by atoms with Crippen molar-refractivity contribution in [3.63, 3.8) is 0 Å². The zero-order valence-electron chi connectivity index (χ0n) is 26.3. The molecule has 0 heterocycles. The highest BCUT2D eigenvalue weighted by Crippen LogP contribution is 2.46. The molecular weight excluding hydrogens is 577 g/mol. The molecule has 0 saturated carbocycles. The second-order valence-corrected chi connectivity index (χ2v) is 12.8. The zero-order chi connectivity index (χ0) is 31.6. The van der Waals surface area contributed by atoms with Gasteiger partial charge in [-0.15, -0.1) is 0 Å². The Hall–Kier alpha value is -6.24. The van der Waals surface area contributed by atoms with E-state index in [4.69, 9.17) is 0 Å². The van der Waals surface area contributed by atoms with Gasteiger partial charge in [0.2, 0.25) is 0 Å². The quantitative estimate of drug-likeness (QED) is 0.139. The number of benzene rings is 10. The summed E-state index contributed by atoms with van der Waals surface area (Å²) < 4.78 is 0. The highest BCUT2D eigenvalue weighted by molar-refractivity contribution is 6.23. The largest absolute Gasteiger partial charge is 0.0622 e. The van der Waals surface area contributed by atoms with Crippen molar-refractivity contribution >= 4 is 64.6 Å². The molecule has 48 heavy (non-hydrogen) atoms. The second kappa shape index (κ2) is 10.7. The van der Waals surface area contributed by atoms with Gasteiger partial charge in [-0.05, 0) is 116 Å². The molecule has 0 aromatic heterocycles. The Morgan fingerprint density at radius 2 is 0.688 bits per heavy atom. The second-order valence-electron chi connectivity index (χ2n) is 12.8. The fourth-order valence-corrected chi connectivity index (χ4v) is 8.03. The van der Waals surface area contributed by atoms with Gasteiger partial charge in [-0.1, -0.05) is 164 Å². The SMILES string of the molecule is c1ccc(-c2c3ccccc3c(-c3ccc4c(ccc5ccccc54)c3)c3cc(-c4cc5ccccc5c5ccccc45)ccc23)cc1. The van der Waals surface area contributed by atoms with Gasteiger partial charge in [0, 0.05) is 0 Å². The molecule has 10 rings (SSSR count). The standard InChI is InChI=1S/C48H30/c1-2-13-32(14-3-1)47-42-20-10-11-21-43(42)48(36-25-26-39-34(28-36)23-22-31-12-4-6-16-37(31)39)46-30-35(24-27-44(46)47)45-29-33-15-5-7-17-38(33)40-18-8-9-19-41(40)45/h1-30H. The van der Waals surface area contributed by atoms with Gasteiger partial charge in [0.05, 0.1) is 0 Å². The zero-order valence-corrected chi connectivity index (χ0v) is 26.3. The summed E-state index contributed by atoms with van der Waals surface area (Å²) in [6.07, 6.45) is 0. The van der Waals surface area contributed by atoms with Crippen molar-refractivity contribution in [3.8, 4) is 33.4 Å². The minimum atomic E-state index is 1.23. The summed E-state index contributed by atoms with van der Waals surface area (Å²) >= 11 is 0. The van der Waals surface area contributed by atoms with Gasteiger partial charge in [0.15, 0.2) is 0 Å². The lowest BCUT2D eigenvalue weighted by atomic mass is 9.84. The van der Waals surface area contributed by atoms with Gasteiger partial charge < -0.3 is 0 Å². The first-order chi connectivity index (χ1) is 23.8. The Kier molecular flexibility index (Phi) is 5.98. The van der Waals surface area contributed by atoms with Crippen molar-refractivity contribution in [1.29, 1.82) is 0 Å². The molecule has 0 atom stereocenters. The van der Waals surface area contributed by atoms with E-state index >= 15 is 0 Å². The van der Waals surface area contributed by atoms with Gasteiger partial charge in [-0.3, -0.25) is 0 Å². The third-order valence-corrected chi connectivity index (χ3v) is 10.2. The van der Waals surface area contributed by atoms with Crippen LogP contribution in [0.5, 0.6) is 0 Å². The highest BCUT2D eigenvalue weighted by Gasteiger charge is 2.19. The van der Waals surface area contributed by atoms with Crippen LogP contribution in [0.1, 0.15) is 0 Å².